The fourth-order valence-electron chi connectivity index (χ4n) is 1.78. The summed E-state index contributed by atoms with van der Waals surface area (Å²) in [4.78, 5) is 0. The summed E-state index contributed by atoms with van der Waals surface area (Å²) in [5.74, 6) is -1.90. The smallest absolute Gasteiger partial charge is 0.129 e. The molecule has 0 aromatic heterocycles. The van der Waals surface area contributed by atoms with E-state index in [0.717, 1.165) is 12.1 Å². The first-order valence-corrected chi connectivity index (χ1v) is 6.33. The Bertz CT molecular complexity index is 581. The van der Waals surface area contributed by atoms with E-state index >= 15 is 0 Å². The number of halogens is 4. The van der Waals surface area contributed by atoms with Crippen molar-refractivity contribution in [2.75, 3.05) is 0 Å². The fraction of sp³-hybridized carbons (Fsp3) is 0.143. The molecule has 1 N–H and O–H groups in total. The summed E-state index contributed by atoms with van der Waals surface area (Å²) < 4.78 is 39.9. The third kappa shape index (κ3) is 3.58. The number of aliphatic hydroxyl groups is 1. The van der Waals surface area contributed by atoms with E-state index < -0.39 is 23.6 Å². The van der Waals surface area contributed by atoms with Crippen LogP contribution in [0.4, 0.5) is 13.2 Å². The molecule has 1 atom stereocenters. The normalized spacial score (nSPS) is 12.5. The monoisotopic (exact) mass is 330 g/mol. The number of rotatable bonds is 3. The van der Waals surface area contributed by atoms with Crippen LogP contribution in [0.1, 0.15) is 17.2 Å². The molecule has 1 nitrogen and oxygen atoms in total. The quantitative estimate of drug-likeness (QED) is 0.896. The third-order valence-electron chi connectivity index (χ3n) is 2.70. The summed E-state index contributed by atoms with van der Waals surface area (Å²) in [6.45, 7) is 0. The van der Waals surface area contributed by atoms with Crippen LogP contribution in [-0.4, -0.2) is 5.11 Å². The van der Waals surface area contributed by atoms with Gasteiger partial charge in [0.1, 0.15) is 17.5 Å². The van der Waals surface area contributed by atoms with Gasteiger partial charge in [-0.15, -0.1) is 0 Å². The summed E-state index contributed by atoms with van der Waals surface area (Å²) in [7, 11) is 0. The van der Waals surface area contributed by atoms with Crippen LogP contribution >= 0.6 is 15.9 Å². The molecule has 2 aromatic rings. The molecule has 0 aliphatic heterocycles. The summed E-state index contributed by atoms with van der Waals surface area (Å²) >= 11 is 3.12. The Balaban J connectivity index is 2.22. The SMILES string of the molecule is OC(Cc1ccc(F)cc1F)c1cc(F)cc(Br)c1. The lowest BCUT2D eigenvalue weighted by molar-refractivity contribution is 0.176. The van der Waals surface area contributed by atoms with Crippen LogP contribution < -0.4 is 0 Å². The van der Waals surface area contributed by atoms with Crippen molar-refractivity contribution in [2.24, 2.45) is 0 Å². The van der Waals surface area contributed by atoms with Crippen molar-refractivity contribution >= 4 is 15.9 Å². The summed E-state index contributed by atoms with van der Waals surface area (Å²) in [5.41, 5.74) is 0.505. The van der Waals surface area contributed by atoms with Gasteiger partial charge < -0.3 is 5.11 Å². The molecule has 0 radical (unpaired) electrons. The van der Waals surface area contributed by atoms with Gasteiger partial charge in [0, 0.05) is 17.0 Å². The lowest BCUT2D eigenvalue weighted by Crippen LogP contribution is -2.04. The minimum Gasteiger partial charge on any atom is -0.388 e. The highest BCUT2D eigenvalue weighted by atomic mass is 79.9. The molecule has 5 heteroatoms. The van der Waals surface area contributed by atoms with Gasteiger partial charge in [-0.1, -0.05) is 22.0 Å². The zero-order valence-electron chi connectivity index (χ0n) is 9.71. The average Bonchev–Trinajstić information content (AvgIpc) is 2.31. The molecule has 0 saturated carbocycles. The minimum absolute atomic E-state index is 0.0536. The van der Waals surface area contributed by atoms with Crippen LogP contribution in [0.2, 0.25) is 0 Å². The van der Waals surface area contributed by atoms with E-state index in [4.69, 9.17) is 0 Å². The Labute approximate surface area is 116 Å². The number of benzene rings is 2. The van der Waals surface area contributed by atoms with Crippen molar-refractivity contribution in [1.82, 2.24) is 0 Å². The standard InChI is InChI=1S/C14H10BrF3O/c15-10-3-9(4-12(17)6-10)14(19)5-8-1-2-11(16)7-13(8)18/h1-4,6-7,14,19H,5H2. The van der Waals surface area contributed by atoms with Crippen LogP contribution in [0.15, 0.2) is 40.9 Å². The Hall–Kier alpha value is -1.33. The van der Waals surface area contributed by atoms with E-state index in [1.165, 1.54) is 18.2 Å². The largest absolute Gasteiger partial charge is 0.388 e. The van der Waals surface area contributed by atoms with Crippen molar-refractivity contribution in [1.29, 1.82) is 0 Å². The first-order valence-electron chi connectivity index (χ1n) is 5.53. The molecule has 0 heterocycles. The predicted molar refractivity (Wildman–Crippen MR) is 69.1 cm³/mol. The van der Waals surface area contributed by atoms with Gasteiger partial charge in [-0.2, -0.15) is 0 Å². The average molecular weight is 331 g/mol. The first kappa shape index (κ1) is 14.1. The van der Waals surface area contributed by atoms with Gasteiger partial charge in [-0.05, 0) is 35.4 Å². The summed E-state index contributed by atoms with van der Waals surface area (Å²) in [5, 5.41) is 9.97. The van der Waals surface area contributed by atoms with Crippen molar-refractivity contribution in [3.63, 3.8) is 0 Å². The molecule has 0 saturated heterocycles. The van der Waals surface area contributed by atoms with E-state index in [9.17, 15) is 18.3 Å². The molecule has 0 fully saturated rings. The minimum atomic E-state index is -1.06. The van der Waals surface area contributed by atoms with E-state index in [2.05, 4.69) is 15.9 Å². The topological polar surface area (TPSA) is 20.2 Å². The van der Waals surface area contributed by atoms with Crippen molar-refractivity contribution in [2.45, 2.75) is 12.5 Å². The molecular formula is C14H10BrF3O. The third-order valence-corrected chi connectivity index (χ3v) is 3.16. The van der Waals surface area contributed by atoms with Crippen molar-refractivity contribution < 1.29 is 18.3 Å². The van der Waals surface area contributed by atoms with E-state index in [0.29, 0.717) is 10.0 Å². The molecule has 100 valence electrons. The lowest BCUT2D eigenvalue weighted by atomic mass is 10.0. The molecule has 0 aliphatic rings. The molecule has 2 aromatic carbocycles. The predicted octanol–water partition coefficient (Wildman–Crippen LogP) is 4.14. The van der Waals surface area contributed by atoms with Crippen LogP contribution in [0.25, 0.3) is 0 Å². The van der Waals surface area contributed by atoms with Crippen molar-refractivity contribution in [3.8, 4) is 0 Å². The van der Waals surface area contributed by atoms with Crippen molar-refractivity contribution in [3.05, 3.63) is 69.4 Å². The van der Waals surface area contributed by atoms with Crippen LogP contribution in [-0.2, 0) is 6.42 Å². The zero-order chi connectivity index (χ0) is 14.0. The van der Waals surface area contributed by atoms with Crippen LogP contribution in [0, 0.1) is 17.5 Å². The van der Waals surface area contributed by atoms with Crippen LogP contribution in [0.5, 0.6) is 0 Å². The van der Waals surface area contributed by atoms with Gasteiger partial charge in [0.2, 0.25) is 0 Å². The van der Waals surface area contributed by atoms with E-state index in [-0.39, 0.29) is 12.0 Å². The second-order valence-electron chi connectivity index (χ2n) is 4.16. The van der Waals surface area contributed by atoms with Gasteiger partial charge in [0.05, 0.1) is 6.10 Å². The highest BCUT2D eigenvalue weighted by Gasteiger charge is 2.13. The fourth-order valence-corrected chi connectivity index (χ4v) is 2.26. The number of aliphatic hydroxyl groups excluding tert-OH is 1. The maximum absolute atomic E-state index is 13.5. The highest BCUT2D eigenvalue weighted by Crippen LogP contribution is 2.24. The Morgan fingerprint density at radius 2 is 1.74 bits per heavy atom. The number of hydrogen-bond acceptors (Lipinski definition) is 1. The lowest BCUT2D eigenvalue weighted by Gasteiger charge is -2.12. The van der Waals surface area contributed by atoms with E-state index in [1.54, 1.807) is 6.07 Å². The van der Waals surface area contributed by atoms with Gasteiger partial charge in [-0.25, -0.2) is 13.2 Å². The second-order valence-corrected chi connectivity index (χ2v) is 5.07. The first-order chi connectivity index (χ1) is 8.95. The molecule has 0 aliphatic carbocycles. The zero-order valence-corrected chi connectivity index (χ0v) is 11.3. The molecule has 1 unspecified atom stereocenters. The maximum Gasteiger partial charge on any atom is 0.129 e. The maximum atomic E-state index is 13.5. The Kier molecular flexibility index (Phi) is 4.27. The summed E-state index contributed by atoms with van der Waals surface area (Å²) in [6.07, 6.45) is -1.12. The van der Waals surface area contributed by atoms with Gasteiger partial charge >= 0.3 is 0 Å². The summed E-state index contributed by atoms with van der Waals surface area (Å²) in [6, 6.07) is 7.12. The molecule has 0 spiro atoms. The molecule has 2 rings (SSSR count). The molecule has 0 bridgehead atoms. The van der Waals surface area contributed by atoms with E-state index in [1.807, 2.05) is 0 Å². The van der Waals surface area contributed by atoms with Gasteiger partial charge in [-0.3, -0.25) is 0 Å². The number of hydrogen-bond donors (Lipinski definition) is 1. The molecular weight excluding hydrogens is 321 g/mol. The molecule has 19 heavy (non-hydrogen) atoms. The van der Waals surface area contributed by atoms with Crippen LogP contribution in [0.3, 0.4) is 0 Å². The highest BCUT2D eigenvalue weighted by molar-refractivity contribution is 9.10. The molecule has 0 amide bonds. The second kappa shape index (κ2) is 5.75. The van der Waals surface area contributed by atoms with Gasteiger partial charge in [0.15, 0.2) is 0 Å². The van der Waals surface area contributed by atoms with Gasteiger partial charge in [0.25, 0.3) is 0 Å². The Morgan fingerprint density at radius 1 is 1.00 bits per heavy atom. The Morgan fingerprint density at radius 3 is 2.37 bits per heavy atom.